The minimum absolute atomic E-state index is 0.00568. The van der Waals surface area contributed by atoms with E-state index in [9.17, 15) is 22.8 Å². The first-order valence-corrected chi connectivity index (χ1v) is 13.8. The number of anilines is 1. The fourth-order valence-electron chi connectivity index (χ4n) is 5.25. The van der Waals surface area contributed by atoms with Crippen molar-refractivity contribution in [3.8, 4) is 22.5 Å². The molecule has 4 aromatic rings. The van der Waals surface area contributed by atoms with Gasteiger partial charge in [0, 0.05) is 54.6 Å². The van der Waals surface area contributed by atoms with Crippen molar-refractivity contribution in [3.05, 3.63) is 66.1 Å². The Morgan fingerprint density at radius 3 is 2.65 bits per heavy atom. The van der Waals surface area contributed by atoms with Gasteiger partial charge in [0.2, 0.25) is 11.8 Å². The first-order chi connectivity index (χ1) is 20.6. The Bertz CT molecular complexity index is 1750. The van der Waals surface area contributed by atoms with Gasteiger partial charge in [0.25, 0.3) is 0 Å². The van der Waals surface area contributed by atoms with Crippen LogP contribution in [0.1, 0.15) is 41.2 Å². The van der Waals surface area contributed by atoms with Gasteiger partial charge < -0.3 is 21.7 Å². The number of amides is 2. The van der Waals surface area contributed by atoms with Crippen molar-refractivity contribution in [1.29, 1.82) is 0 Å². The summed E-state index contributed by atoms with van der Waals surface area (Å²) in [5.41, 5.74) is 12.2. The molecule has 5 N–H and O–H groups in total. The number of aromatic nitrogens is 5. The normalized spacial score (nSPS) is 17.3. The third-order valence-corrected chi connectivity index (χ3v) is 7.62. The van der Waals surface area contributed by atoms with Crippen molar-refractivity contribution in [2.75, 3.05) is 25.4 Å². The summed E-state index contributed by atoms with van der Waals surface area (Å²) in [6.07, 6.45) is 4.11. The first kappa shape index (κ1) is 28.3. The minimum Gasteiger partial charge on any atom is -0.383 e. The van der Waals surface area contributed by atoms with Crippen LogP contribution in [0.3, 0.4) is 0 Å². The van der Waals surface area contributed by atoms with Crippen LogP contribution >= 0.6 is 0 Å². The lowest BCUT2D eigenvalue weighted by Gasteiger charge is -2.15. The van der Waals surface area contributed by atoms with Crippen LogP contribution in [0.25, 0.3) is 33.5 Å². The van der Waals surface area contributed by atoms with Gasteiger partial charge in [0.05, 0.1) is 22.7 Å². The Kier molecular flexibility index (Phi) is 7.30. The van der Waals surface area contributed by atoms with Crippen LogP contribution in [0, 0.1) is 0 Å². The maximum atomic E-state index is 13.5. The fourth-order valence-corrected chi connectivity index (χ4v) is 5.25. The van der Waals surface area contributed by atoms with E-state index in [1.54, 1.807) is 21.7 Å². The van der Waals surface area contributed by atoms with Crippen LogP contribution in [-0.2, 0) is 11.0 Å². The lowest BCUT2D eigenvalue weighted by atomic mass is 9.97. The van der Waals surface area contributed by atoms with Crippen LogP contribution in [0.5, 0.6) is 0 Å². The van der Waals surface area contributed by atoms with Gasteiger partial charge in [-0.1, -0.05) is 12.1 Å². The van der Waals surface area contributed by atoms with Crippen molar-refractivity contribution < 1.29 is 22.8 Å². The molecule has 43 heavy (non-hydrogen) atoms. The summed E-state index contributed by atoms with van der Waals surface area (Å²) in [6.45, 7) is 1.57. The number of nitrogens with zero attached hydrogens (tertiary/aromatic N) is 6. The summed E-state index contributed by atoms with van der Waals surface area (Å²) >= 11 is 0. The topological polar surface area (TPSA) is 158 Å². The number of benzene rings is 1. The molecule has 4 heterocycles. The Morgan fingerprint density at radius 2 is 1.91 bits per heavy atom. The number of fused-ring (bicyclic) bond motifs is 1. The van der Waals surface area contributed by atoms with E-state index in [0.29, 0.717) is 54.4 Å². The van der Waals surface area contributed by atoms with E-state index in [4.69, 9.17) is 16.6 Å². The lowest BCUT2D eigenvalue weighted by molar-refractivity contribution is -0.137. The van der Waals surface area contributed by atoms with Crippen LogP contribution in [0.4, 0.5) is 19.0 Å². The van der Waals surface area contributed by atoms with Crippen molar-refractivity contribution in [2.45, 2.75) is 37.5 Å². The summed E-state index contributed by atoms with van der Waals surface area (Å²) in [4.78, 5) is 39.4. The third-order valence-electron chi connectivity index (χ3n) is 7.62. The van der Waals surface area contributed by atoms with Crippen molar-refractivity contribution in [1.82, 2.24) is 34.9 Å². The highest BCUT2D eigenvalue weighted by Gasteiger charge is 2.32. The largest absolute Gasteiger partial charge is 0.416 e. The highest BCUT2D eigenvalue weighted by molar-refractivity contribution is 6.03. The number of rotatable bonds is 8. The summed E-state index contributed by atoms with van der Waals surface area (Å²) in [7, 11) is 0. The second-order valence-corrected chi connectivity index (χ2v) is 10.6. The molecule has 0 spiro atoms. The molecular weight excluding hydrogens is 563 g/mol. The van der Waals surface area contributed by atoms with E-state index in [1.807, 2.05) is 6.08 Å². The molecule has 0 bridgehead atoms. The molecule has 2 amide bonds. The Labute approximate surface area is 243 Å². The molecule has 1 aromatic carbocycles. The van der Waals surface area contributed by atoms with Crippen LogP contribution in [0.2, 0.25) is 0 Å². The van der Waals surface area contributed by atoms with Crippen molar-refractivity contribution in [3.63, 3.8) is 0 Å². The van der Waals surface area contributed by atoms with Gasteiger partial charge in [0.15, 0.2) is 5.65 Å². The van der Waals surface area contributed by atoms with Crippen molar-refractivity contribution in [2.24, 2.45) is 5.73 Å². The number of pyridine rings is 1. The molecule has 222 valence electrons. The number of hydrogen-bond acceptors (Lipinski definition) is 8. The second-order valence-electron chi connectivity index (χ2n) is 10.6. The van der Waals surface area contributed by atoms with Gasteiger partial charge in [-0.05, 0) is 43.5 Å². The predicted octanol–water partition coefficient (Wildman–Crippen LogP) is 3.34. The zero-order valence-electron chi connectivity index (χ0n) is 22.9. The molecular formula is C29H28F3N9O2. The molecule has 6 rings (SSSR count). The molecule has 1 aliphatic heterocycles. The number of nitrogen functional groups attached to an aromatic ring is 1. The highest BCUT2D eigenvalue weighted by Crippen LogP contribution is 2.37. The van der Waals surface area contributed by atoms with Gasteiger partial charge in [0.1, 0.15) is 17.8 Å². The van der Waals surface area contributed by atoms with Crippen LogP contribution in [0.15, 0.2) is 55.0 Å². The van der Waals surface area contributed by atoms with E-state index >= 15 is 0 Å². The lowest BCUT2D eigenvalue weighted by Crippen LogP contribution is -2.28. The van der Waals surface area contributed by atoms with Crippen LogP contribution < -0.4 is 16.8 Å². The minimum atomic E-state index is -4.61. The van der Waals surface area contributed by atoms with Gasteiger partial charge >= 0.3 is 6.18 Å². The van der Waals surface area contributed by atoms with E-state index in [-0.39, 0.29) is 34.6 Å². The first-order valence-electron chi connectivity index (χ1n) is 13.8. The number of carbonyl (C=O) groups is 2. The average Bonchev–Trinajstić information content (AvgIpc) is 3.52. The zero-order valence-corrected chi connectivity index (χ0v) is 22.9. The van der Waals surface area contributed by atoms with E-state index in [1.165, 1.54) is 31.3 Å². The number of nitrogens with one attached hydrogen (secondary N) is 1. The Hall–Kier alpha value is -4.85. The van der Waals surface area contributed by atoms with Gasteiger partial charge in [-0.2, -0.15) is 18.3 Å². The number of primary amides is 1. The molecule has 0 radical (unpaired) electrons. The monoisotopic (exact) mass is 591 g/mol. The molecule has 1 atom stereocenters. The molecule has 3 aromatic heterocycles. The van der Waals surface area contributed by atoms with Gasteiger partial charge in [-0.25, -0.2) is 14.6 Å². The summed E-state index contributed by atoms with van der Waals surface area (Å²) in [5.74, 6) is -0.765. The molecule has 1 aliphatic carbocycles. The smallest absolute Gasteiger partial charge is 0.383 e. The number of halogens is 3. The Morgan fingerprint density at radius 1 is 1.09 bits per heavy atom. The van der Waals surface area contributed by atoms with Gasteiger partial charge in [-0.3, -0.25) is 14.6 Å². The maximum absolute atomic E-state index is 13.5. The predicted molar refractivity (Wildman–Crippen MR) is 152 cm³/mol. The highest BCUT2D eigenvalue weighted by atomic mass is 19.4. The summed E-state index contributed by atoms with van der Waals surface area (Å²) in [6, 6.07) is 6.56. The fraction of sp³-hybridized carbons (Fsp3) is 0.310. The number of alkyl halides is 3. The molecule has 2 fully saturated rings. The number of likely N-dealkylation sites (tertiary alicyclic amines) is 1. The quantitative estimate of drug-likeness (QED) is 0.263. The maximum Gasteiger partial charge on any atom is 0.416 e. The number of nitrogens with two attached hydrogens (primary N) is 2. The third kappa shape index (κ3) is 5.78. The zero-order chi connectivity index (χ0) is 30.3. The van der Waals surface area contributed by atoms with Crippen molar-refractivity contribution >= 4 is 28.7 Å². The van der Waals surface area contributed by atoms with Gasteiger partial charge in [-0.15, -0.1) is 0 Å². The Balaban J connectivity index is 1.35. The molecule has 0 unspecified atom stereocenters. The molecule has 1 saturated heterocycles. The number of hydrogen-bond donors (Lipinski definition) is 3. The molecule has 2 aliphatic rings. The molecule has 11 nitrogen and oxygen atoms in total. The summed E-state index contributed by atoms with van der Waals surface area (Å²) < 4.78 is 42.1. The average molecular weight is 592 g/mol. The summed E-state index contributed by atoms with van der Waals surface area (Å²) in [5, 5.41) is 8.59. The number of carbonyl (C=O) groups excluding carboxylic acids is 2. The second kappa shape index (κ2) is 11.1. The molecule has 14 heteroatoms. The SMILES string of the molecule is NC(=O)c1ccc(-c2nn([C@@H]3CCN(C(=O)/C=C/CNC4CC4)C3)c3ncnc(N)c23)cc1-c1cc(C(F)(F)F)ccn1. The molecule has 1 saturated carbocycles. The standard InChI is InChI=1S/C29H28F3N9O2/c30-29(31,32)17-7-10-36-22(13-17)21-12-16(3-6-20(21)27(34)43)25-24-26(33)37-15-38-28(24)41(39-25)19-8-11-40(14-19)23(42)2-1-9-35-18-4-5-18/h1-3,6-7,10,12-13,15,18-19,35H,4-5,8-9,11,14H2,(H2,34,43)(H2,33,37,38)/b2-1+/t19-/m1/s1. The van der Waals surface area contributed by atoms with E-state index in [0.717, 1.165) is 18.3 Å². The van der Waals surface area contributed by atoms with E-state index < -0.39 is 17.6 Å². The van der Waals surface area contributed by atoms with Crippen LogP contribution in [-0.4, -0.2) is 67.1 Å². The van der Waals surface area contributed by atoms with E-state index in [2.05, 4.69) is 20.3 Å².